The Morgan fingerprint density at radius 1 is 1.20 bits per heavy atom. The number of nitrogens with one attached hydrogen (secondary N) is 2. The summed E-state index contributed by atoms with van der Waals surface area (Å²) in [4.78, 5) is 25.5. The van der Waals surface area contributed by atoms with Crippen LogP contribution in [-0.4, -0.2) is 56.0 Å². The fourth-order valence-corrected chi connectivity index (χ4v) is 2.38. The van der Waals surface area contributed by atoms with Crippen LogP contribution in [0.3, 0.4) is 0 Å². The molecule has 1 aromatic carbocycles. The van der Waals surface area contributed by atoms with E-state index >= 15 is 0 Å². The predicted octanol–water partition coefficient (Wildman–Crippen LogP) is 1.51. The number of hydrogen-bond acceptors (Lipinski definition) is 5. The summed E-state index contributed by atoms with van der Waals surface area (Å²) in [6, 6.07) is 3.02. The van der Waals surface area contributed by atoms with Crippen LogP contribution in [0.4, 0.5) is 5.69 Å². The summed E-state index contributed by atoms with van der Waals surface area (Å²) in [5, 5.41) is 5.78. The molecule has 1 aromatic rings. The van der Waals surface area contributed by atoms with Crippen molar-refractivity contribution in [3.8, 4) is 5.75 Å². The first-order chi connectivity index (χ1) is 11.9. The average Bonchev–Trinajstić information content (AvgIpc) is 2.58. The van der Waals surface area contributed by atoms with Gasteiger partial charge in [0.2, 0.25) is 5.91 Å². The van der Waals surface area contributed by atoms with Crippen molar-refractivity contribution in [2.24, 2.45) is 0 Å². The minimum absolute atomic E-state index is 0.145. The van der Waals surface area contributed by atoms with Crippen LogP contribution in [0.25, 0.3) is 0 Å². The van der Waals surface area contributed by atoms with E-state index in [2.05, 4.69) is 29.4 Å². The number of ether oxygens (including phenoxy) is 1. The third kappa shape index (κ3) is 7.19. The lowest BCUT2D eigenvalue weighted by Crippen LogP contribution is -2.35. The van der Waals surface area contributed by atoms with Gasteiger partial charge in [-0.05, 0) is 19.2 Å². The van der Waals surface area contributed by atoms with Gasteiger partial charge in [-0.1, -0.05) is 25.4 Å². The van der Waals surface area contributed by atoms with Crippen LogP contribution in [-0.2, 0) is 4.79 Å². The fraction of sp³-hybridized carbons (Fsp3) is 0.529. The van der Waals surface area contributed by atoms with Gasteiger partial charge in [0.1, 0.15) is 12.4 Å². The molecule has 0 heterocycles. The molecular weight excluding hydrogens is 344 g/mol. The summed E-state index contributed by atoms with van der Waals surface area (Å²) >= 11 is 6.04. The first kappa shape index (κ1) is 21.1. The zero-order valence-corrected chi connectivity index (χ0v) is 15.8. The first-order valence-corrected chi connectivity index (χ1v) is 8.73. The van der Waals surface area contributed by atoms with Gasteiger partial charge in [-0.2, -0.15) is 0 Å². The number of halogens is 1. The van der Waals surface area contributed by atoms with E-state index < -0.39 is 0 Å². The Bertz CT molecular complexity index is 592. The number of likely N-dealkylation sites (N-methyl/N-ethyl adjacent to an activating group) is 1. The van der Waals surface area contributed by atoms with Crippen molar-refractivity contribution in [3.63, 3.8) is 0 Å². The Balaban J connectivity index is 2.73. The number of nitrogen functional groups attached to an aromatic ring is 1. The SMILES string of the molecule is CCN(CC)CCNC(=O)c1cc(Cl)c(N)cc1OCCNC(C)=O. The van der Waals surface area contributed by atoms with Crippen molar-refractivity contribution in [3.05, 3.63) is 22.7 Å². The topological polar surface area (TPSA) is 96.7 Å². The van der Waals surface area contributed by atoms with Crippen molar-refractivity contribution in [1.82, 2.24) is 15.5 Å². The van der Waals surface area contributed by atoms with Gasteiger partial charge < -0.3 is 26.0 Å². The number of carbonyl (C=O) groups excluding carboxylic acids is 2. The number of nitrogens with two attached hydrogens (primary N) is 1. The summed E-state index contributed by atoms with van der Waals surface area (Å²) in [7, 11) is 0. The molecule has 0 aromatic heterocycles. The molecule has 140 valence electrons. The van der Waals surface area contributed by atoms with Gasteiger partial charge in [-0.15, -0.1) is 0 Å². The summed E-state index contributed by atoms with van der Waals surface area (Å²) in [5.41, 5.74) is 6.45. The van der Waals surface area contributed by atoms with Crippen LogP contribution in [0.2, 0.25) is 5.02 Å². The Morgan fingerprint density at radius 2 is 1.88 bits per heavy atom. The zero-order valence-electron chi connectivity index (χ0n) is 15.0. The Morgan fingerprint density at radius 3 is 2.48 bits per heavy atom. The second-order valence-corrected chi connectivity index (χ2v) is 5.89. The summed E-state index contributed by atoms with van der Waals surface area (Å²) < 4.78 is 5.59. The van der Waals surface area contributed by atoms with E-state index in [0.717, 1.165) is 19.6 Å². The van der Waals surface area contributed by atoms with Gasteiger partial charge >= 0.3 is 0 Å². The third-order valence-corrected chi connectivity index (χ3v) is 4.01. The van der Waals surface area contributed by atoms with Crippen molar-refractivity contribution < 1.29 is 14.3 Å². The average molecular weight is 371 g/mol. The van der Waals surface area contributed by atoms with Crippen LogP contribution in [0.1, 0.15) is 31.1 Å². The number of carbonyl (C=O) groups is 2. The lowest BCUT2D eigenvalue weighted by Gasteiger charge is -2.18. The van der Waals surface area contributed by atoms with E-state index in [4.69, 9.17) is 22.1 Å². The van der Waals surface area contributed by atoms with Gasteiger partial charge in [0, 0.05) is 26.1 Å². The molecule has 2 amide bonds. The number of hydrogen-bond donors (Lipinski definition) is 3. The Labute approximate surface area is 153 Å². The molecule has 25 heavy (non-hydrogen) atoms. The van der Waals surface area contributed by atoms with Gasteiger partial charge in [0.15, 0.2) is 0 Å². The maximum Gasteiger partial charge on any atom is 0.255 e. The quantitative estimate of drug-likeness (QED) is 0.428. The molecule has 0 aliphatic carbocycles. The molecule has 1 rings (SSSR count). The second kappa shape index (κ2) is 10.8. The highest BCUT2D eigenvalue weighted by molar-refractivity contribution is 6.33. The van der Waals surface area contributed by atoms with Crippen LogP contribution in [0, 0.1) is 0 Å². The molecule has 0 radical (unpaired) electrons. The van der Waals surface area contributed by atoms with Crippen molar-refractivity contribution in [2.45, 2.75) is 20.8 Å². The number of amides is 2. The summed E-state index contributed by atoms with van der Waals surface area (Å²) in [6.45, 7) is 9.28. The molecule has 8 heteroatoms. The van der Waals surface area contributed by atoms with Crippen LogP contribution in [0.5, 0.6) is 5.75 Å². The van der Waals surface area contributed by atoms with Crippen LogP contribution in [0.15, 0.2) is 12.1 Å². The number of anilines is 1. The van der Waals surface area contributed by atoms with Crippen molar-refractivity contribution >= 4 is 29.1 Å². The smallest absolute Gasteiger partial charge is 0.255 e. The molecule has 0 saturated heterocycles. The van der Waals surface area contributed by atoms with Gasteiger partial charge in [-0.25, -0.2) is 0 Å². The Kier molecular flexibility index (Phi) is 9.08. The molecule has 0 unspecified atom stereocenters. The zero-order chi connectivity index (χ0) is 18.8. The fourth-order valence-electron chi connectivity index (χ4n) is 2.22. The summed E-state index contributed by atoms with van der Waals surface area (Å²) in [6.07, 6.45) is 0. The lowest BCUT2D eigenvalue weighted by molar-refractivity contribution is -0.119. The highest BCUT2D eigenvalue weighted by Gasteiger charge is 2.15. The molecule has 0 fully saturated rings. The summed E-state index contributed by atoms with van der Waals surface area (Å²) in [5.74, 6) is -0.0789. The monoisotopic (exact) mass is 370 g/mol. The lowest BCUT2D eigenvalue weighted by atomic mass is 10.1. The predicted molar refractivity (Wildman–Crippen MR) is 100 cm³/mol. The highest BCUT2D eigenvalue weighted by Crippen LogP contribution is 2.29. The van der Waals surface area contributed by atoms with Crippen molar-refractivity contribution in [2.75, 3.05) is 45.1 Å². The first-order valence-electron chi connectivity index (χ1n) is 8.35. The number of nitrogens with zero attached hydrogens (tertiary/aromatic N) is 1. The third-order valence-electron chi connectivity index (χ3n) is 3.69. The highest BCUT2D eigenvalue weighted by atomic mass is 35.5. The minimum atomic E-state index is -0.274. The molecule has 0 saturated carbocycles. The van der Waals surface area contributed by atoms with E-state index in [1.165, 1.54) is 19.1 Å². The van der Waals surface area contributed by atoms with E-state index in [1.807, 2.05) is 0 Å². The second-order valence-electron chi connectivity index (χ2n) is 5.48. The molecule has 0 bridgehead atoms. The normalized spacial score (nSPS) is 10.6. The molecule has 0 spiro atoms. The molecule has 4 N–H and O–H groups in total. The molecule has 7 nitrogen and oxygen atoms in total. The largest absolute Gasteiger partial charge is 0.491 e. The Hall–Kier alpha value is -1.99. The van der Waals surface area contributed by atoms with Gasteiger partial charge in [0.25, 0.3) is 5.91 Å². The molecule has 0 aliphatic rings. The van der Waals surface area contributed by atoms with E-state index in [0.29, 0.717) is 35.1 Å². The maximum absolute atomic E-state index is 12.4. The van der Waals surface area contributed by atoms with E-state index in [-0.39, 0.29) is 18.4 Å². The standard InChI is InChI=1S/C17H27ClN4O3/c1-4-22(5-2)8-6-21-17(24)13-10-14(18)15(19)11-16(13)25-9-7-20-12(3)23/h10-11H,4-9,19H2,1-3H3,(H,20,23)(H,21,24). The van der Waals surface area contributed by atoms with Crippen molar-refractivity contribution in [1.29, 1.82) is 0 Å². The van der Waals surface area contributed by atoms with Crippen LogP contribution >= 0.6 is 11.6 Å². The number of benzene rings is 1. The molecular formula is C17H27ClN4O3. The molecule has 0 atom stereocenters. The molecule has 0 aliphatic heterocycles. The van der Waals surface area contributed by atoms with E-state index in [1.54, 1.807) is 0 Å². The van der Waals surface area contributed by atoms with E-state index in [9.17, 15) is 9.59 Å². The maximum atomic E-state index is 12.4. The van der Waals surface area contributed by atoms with Gasteiger partial charge in [-0.3, -0.25) is 9.59 Å². The number of rotatable bonds is 10. The van der Waals surface area contributed by atoms with Crippen LogP contribution < -0.4 is 21.1 Å². The van der Waals surface area contributed by atoms with Gasteiger partial charge in [0.05, 0.1) is 22.8 Å². The minimum Gasteiger partial charge on any atom is -0.491 e.